The number of hydrogen-bond donors (Lipinski definition) is 2. The van der Waals surface area contributed by atoms with Crippen molar-refractivity contribution in [2.75, 3.05) is 31.1 Å². The molecule has 1 amide bonds. The highest BCUT2D eigenvalue weighted by atomic mass is 35.5. The van der Waals surface area contributed by atoms with Gasteiger partial charge in [0, 0.05) is 44.5 Å². The molecule has 1 saturated heterocycles. The Balaban J connectivity index is 1.47. The van der Waals surface area contributed by atoms with Gasteiger partial charge in [0.25, 0.3) is 5.91 Å². The molecule has 0 radical (unpaired) electrons. The average molecular weight is 452 g/mol. The van der Waals surface area contributed by atoms with E-state index in [1.54, 1.807) is 6.07 Å². The Labute approximate surface area is 185 Å². The molecule has 4 rings (SSSR count). The van der Waals surface area contributed by atoms with Crippen LogP contribution < -0.4 is 10.2 Å². The Hall–Kier alpha value is -1.99. The highest BCUT2D eigenvalue weighted by molar-refractivity contribution is 6.35. The van der Waals surface area contributed by atoms with Crippen LogP contribution in [0.2, 0.25) is 5.02 Å². The van der Waals surface area contributed by atoms with Crippen molar-refractivity contribution in [3.05, 3.63) is 34.9 Å². The van der Waals surface area contributed by atoms with E-state index in [2.05, 4.69) is 10.2 Å². The van der Waals surface area contributed by atoms with Crippen LogP contribution in [0.3, 0.4) is 0 Å². The second kappa shape index (κ2) is 9.25. The minimum Gasteiger partial charge on any atom is -0.396 e. The lowest BCUT2D eigenvalue weighted by Crippen LogP contribution is -2.34. The Morgan fingerprint density at radius 3 is 2.71 bits per heavy atom. The summed E-state index contributed by atoms with van der Waals surface area (Å²) in [6.07, 6.45) is 2.41. The standard InChI is InChI=1S/C23H28ClF2N3O2/c24-18-2-3-19-17(1-4-20(28-19)29-11-7-16(14-29)8-12-30)21(18)22(31)27-13-15-5-9-23(25,26)10-6-15/h1-4,15-16,30H,5-14H2,(H,27,31)/t16-/m1/s1. The summed E-state index contributed by atoms with van der Waals surface area (Å²) >= 11 is 6.36. The molecule has 168 valence electrons. The summed E-state index contributed by atoms with van der Waals surface area (Å²) in [6, 6.07) is 7.26. The number of amides is 1. The van der Waals surface area contributed by atoms with Crippen molar-refractivity contribution in [2.24, 2.45) is 11.8 Å². The van der Waals surface area contributed by atoms with Crippen molar-refractivity contribution < 1.29 is 18.7 Å². The molecule has 1 aromatic heterocycles. The molecule has 2 heterocycles. The molecule has 1 aliphatic carbocycles. The van der Waals surface area contributed by atoms with Gasteiger partial charge in [-0.2, -0.15) is 0 Å². The van der Waals surface area contributed by atoms with Crippen LogP contribution in [-0.4, -0.2) is 48.2 Å². The highest BCUT2D eigenvalue weighted by Crippen LogP contribution is 2.36. The molecule has 5 nitrogen and oxygen atoms in total. The second-order valence-electron chi connectivity index (χ2n) is 8.78. The lowest BCUT2D eigenvalue weighted by Gasteiger charge is -2.28. The number of anilines is 1. The number of pyridine rings is 1. The molecule has 2 N–H and O–H groups in total. The predicted molar refractivity (Wildman–Crippen MR) is 118 cm³/mol. The molecular formula is C23H28ClF2N3O2. The van der Waals surface area contributed by atoms with Crippen molar-refractivity contribution in [1.82, 2.24) is 10.3 Å². The third-order valence-corrected chi connectivity index (χ3v) is 6.88. The van der Waals surface area contributed by atoms with E-state index in [1.807, 2.05) is 18.2 Å². The van der Waals surface area contributed by atoms with Crippen LogP contribution in [0.4, 0.5) is 14.6 Å². The van der Waals surface area contributed by atoms with E-state index in [4.69, 9.17) is 21.7 Å². The number of aliphatic hydroxyl groups is 1. The Morgan fingerprint density at radius 1 is 1.19 bits per heavy atom. The zero-order valence-electron chi connectivity index (χ0n) is 17.4. The van der Waals surface area contributed by atoms with Gasteiger partial charge in [-0.05, 0) is 61.8 Å². The number of carbonyl (C=O) groups excluding carboxylic acids is 1. The van der Waals surface area contributed by atoms with Gasteiger partial charge in [0.2, 0.25) is 5.92 Å². The number of aromatic nitrogens is 1. The van der Waals surface area contributed by atoms with E-state index in [1.165, 1.54) is 0 Å². The maximum absolute atomic E-state index is 13.3. The van der Waals surface area contributed by atoms with Crippen molar-refractivity contribution in [3.63, 3.8) is 0 Å². The van der Waals surface area contributed by atoms with E-state index >= 15 is 0 Å². The first-order chi connectivity index (χ1) is 14.9. The average Bonchev–Trinajstić information content (AvgIpc) is 3.21. The molecule has 1 aromatic carbocycles. The fourth-order valence-corrected chi connectivity index (χ4v) is 4.91. The Kier molecular flexibility index (Phi) is 6.63. The number of benzene rings is 1. The number of alkyl halides is 2. The molecule has 2 fully saturated rings. The fraction of sp³-hybridized carbons (Fsp3) is 0.565. The molecule has 8 heteroatoms. The summed E-state index contributed by atoms with van der Waals surface area (Å²) in [6.45, 7) is 2.32. The van der Waals surface area contributed by atoms with Gasteiger partial charge < -0.3 is 15.3 Å². The van der Waals surface area contributed by atoms with Gasteiger partial charge in [0.1, 0.15) is 5.82 Å². The third kappa shape index (κ3) is 5.09. The Bertz CT molecular complexity index is 946. The summed E-state index contributed by atoms with van der Waals surface area (Å²) < 4.78 is 26.7. The van der Waals surface area contributed by atoms with E-state index in [9.17, 15) is 13.6 Å². The third-order valence-electron chi connectivity index (χ3n) is 6.57. The monoisotopic (exact) mass is 451 g/mol. The van der Waals surface area contributed by atoms with Crippen LogP contribution in [0.25, 0.3) is 10.9 Å². The molecule has 31 heavy (non-hydrogen) atoms. The summed E-state index contributed by atoms with van der Waals surface area (Å²) in [4.78, 5) is 19.8. The van der Waals surface area contributed by atoms with E-state index < -0.39 is 5.92 Å². The highest BCUT2D eigenvalue weighted by Gasteiger charge is 2.35. The van der Waals surface area contributed by atoms with Crippen LogP contribution in [0.5, 0.6) is 0 Å². The number of aliphatic hydroxyl groups excluding tert-OH is 1. The minimum absolute atomic E-state index is 0.0593. The van der Waals surface area contributed by atoms with Crippen LogP contribution >= 0.6 is 11.6 Å². The van der Waals surface area contributed by atoms with E-state index in [0.717, 1.165) is 31.7 Å². The molecule has 0 spiro atoms. The van der Waals surface area contributed by atoms with Gasteiger partial charge >= 0.3 is 0 Å². The number of fused-ring (bicyclic) bond motifs is 1. The summed E-state index contributed by atoms with van der Waals surface area (Å²) in [5, 5.41) is 13.1. The summed E-state index contributed by atoms with van der Waals surface area (Å²) in [5.74, 6) is -1.50. The van der Waals surface area contributed by atoms with Gasteiger partial charge in [-0.25, -0.2) is 13.8 Å². The topological polar surface area (TPSA) is 65.5 Å². The molecule has 1 atom stereocenters. The van der Waals surface area contributed by atoms with Crippen molar-refractivity contribution in [1.29, 1.82) is 0 Å². The van der Waals surface area contributed by atoms with Crippen LogP contribution in [-0.2, 0) is 0 Å². The van der Waals surface area contributed by atoms with Gasteiger partial charge in [-0.15, -0.1) is 0 Å². The van der Waals surface area contributed by atoms with Gasteiger partial charge in [-0.1, -0.05) is 11.6 Å². The zero-order valence-corrected chi connectivity index (χ0v) is 18.2. The number of halogens is 3. The number of hydrogen-bond acceptors (Lipinski definition) is 4. The molecule has 0 unspecified atom stereocenters. The van der Waals surface area contributed by atoms with E-state index in [-0.39, 0.29) is 31.3 Å². The molecule has 2 aliphatic rings. The van der Waals surface area contributed by atoms with Gasteiger partial charge in [-0.3, -0.25) is 4.79 Å². The maximum Gasteiger partial charge on any atom is 0.253 e. The van der Waals surface area contributed by atoms with Gasteiger partial charge in [0.15, 0.2) is 0 Å². The SMILES string of the molecule is O=C(NCC1CCC(F)(F)CC1)c1c(Cl)ccc2nc(N3CC[C@H](CCO)C3)ccc12. The maximum atomic E-state index is 13.3. The lowest BCUT2D eigenvalue weighted by atomic mass is 9.87. The fourth-order valence-electron chi connectivity index (χ4n) is 4.66. The lowest BCUT2D eigenvalue weighted by molar-refractivity contribution is -0.0452. The van der Waals surface area contributed by atoms with Crippen molar-refractivity contribution in [3.8, 4) is 0 Å². The second-order valence-corrected chi connectivity index (χ2v) is 9.19. The molecule has 2 aromatic rings. The smallest absolute Gasteiger partial charge is 0.253 e. The van der Waals surface area contributed by atoms with E-state index in [0.29, 0.717) is 46.8 Å². The zero-order chi connectivity index (χ0) is 22.0. The number of nitrogens with one attached hydrogen (secondary N) is 1. The molecular weight excluding hydrogens is 424 g/mol. The first-order valence-electron chi connectivity index (χ1n) is 11.0. The first kappa shape index (κ1) is 22.2. The van der Waals surface area contributed by atoms with Crippen LogP contribution in [0, 0.1) is 11.8 Å². The largest absolute Gasteiger partial charge is 0.396 e. The number of nitrogens with zero attached hydrogens (tertiary/aromatic N) is 2. The van der Waals surface area contributed by atoms with Crippen LogP contribution in [0.15, 0.2) is 24.3 Å². The molecule has 1 aliphatic heterocycles. The molecule has 0 bridgehead atoms. The van der Waals surface area contributed by atoms with Crippen molar-refractivity contribution >= 4 is 34.2 Å². The quantitative estimate of drug-likeness (QED) is 0.670. The molecule has 1 saturated carbocycles. The van der Waals surface area contributed by atoms with Crippen LogP contribution in [0.1, 0.15) is 48.9 Å². The van der Waals surface area contributed by atoms with Crippen molar-refractivity contribution in [2.45, 2.75) is 44.4 Å². The summed E-state index contributed by atoms with van der Waals surface area (Å²) in [5.41, 5.74) is 1.06. The first-order valence-corrected chi connectivity index (χ1v) is 11.4. The normalized spacial score (nSPS) is 21.5. The minimum atomic E-state index is -2.57. The summed E-state index contributed by atoms with van der Waals surface area (Å²) in [7, 11) is 0. The number of rotatable bonds is 6. The predicted octanol–water partition coefficient (Wildman–Crippen LogP) is 4.65. The van der Waals surface area contributed by atoms with Gasteiger partial charge in [0.05, 0.1) is 16.1 Å². The number of carbonyl (C=O) groups is 1. The Morgan fingerprint density at radius 2 is 1.97 bits per heavy atom.